The summed E-state index contributed by atoms with van der Waals surface area (Å²) >= 11 is 5.92. The summed E-state index contributed by atoms with van der Waals surface area (Å²) in [6, 6.07) is 11.3. The van der Waals surface area contributed by atoms with E-state index in [0.717, 1.165) is 17.9 Å². The zero-order chi connectivity index (χ0) is 18.2. The average molecular weight is 361 g/mol. The van der Waals surface area contributed by atoms with Crippen LogP contribution in [0.5, 0.6) is 0 Å². The molecule has 0 aliphatic carbocycles. The summed E-state index contributed by atoms with van der Waals surface area (Å²) in [5.41, 5.74) is 0.295. The van der Waals surface area contributed by atoms with Crippen LogP contribution in [-0.4, -0.2) is 12.6 Å². The van der Waals surface area contributed by atoms with Crippen LogP contribution in [0, 0.1) is 30.0 Å². The minimum absolute atomic E-state index is 0.0335. The number of halogens is 2. The van der Waals surface area contributed by atoms with E-state index in [2.05, 4.69) is 25.2 Å². The molecule has 1 saturated heterocycles. The van der Waals surface area contributed by atoms with Crippen LogP contribution in [-0.2, 0) is 5.41 Å². The van der Waals surface area contributed by atoms with Crippen molar-refractivity contribution in [2.75, 3.05) is 6.54 Å². The molecule has 3 rings (SSSR count). The van der Waals surface area contributed by atoms with E-state index in [1.807, 2.05) is 19.1 Å². The van der Waals surface area contributed by atoms with Crippen molar-refractivity contribution in [1.82, 2.24) is 5.32 Å². The van der Waals surface area contributed by atoms with E-state index >= 15 is 0 Å². The predicted molar refractivity (Wildman–Crippen MR) is 96.1 cm³/mol. The molecule has 0 spiro atoms. The SMILES string of the molecule is Cc1ccc(C(C)(C)CC2NCC(c3cccc(Cl)c3F)C2C#N)o1. The third-order valence-electron chi connectivity index (χ3n) is 5.13. The molecule has 3 nitrogen and oxygen atoms in total. The Hall–Kier alpha value is -1.83. The molecule has 2 aromatic rings. The Morgan fingerprint density at radius 2 is 2.12 bits per heavy atom. The van der Waals surface area contributed by atoms with Gasteiger partial charge in [-0.05, 0) is 37.1 Å². The Kier molecular flexibility index (Phi) is 4.90. The van der Waals surface area contributed by atoms with Gasteiger partial charge in [0.25, 0.3) is 0 Å². The van der Waals surface area contributed by atoms with Gasteiger partial charge < -0.3 is 9.73 Å². The van der Waals surface area contributed by atoms with Gasteiger partial charge in [0.1, 0.15) is 17.3 Å². The van der Waals surface area contributed by atoms with E-state index in [1.54, 1.807) is 12.1 Å². The van der Waals surface area contributed by atoms with Crippen molar-refractivity contribution in [3.05, 3.63) is 58.3 Å². The van der Waals surface area contributed by atoms with Crippen molar-refractivity contribution in [1.29, 1.82) is 5.26 Å². The number of furan rings is 1. The molecule has 0 amide bonds. The van der Waals surface area contributed by atoms with Crippen LogP contribution < -0.4 is 5.32 Å². The minimum Gasteiger partial charge on any atom is -0.466 e. The first-order valence-electron chi connectivity index (χ1n) is 8.47. The first-order valence-corrected chi connectivity index (χ1v) is 8.85. The van der Waals surface area contributed by atoms with Crippen molar-refractivity contribution in [2.24, 2.45) is 5.92 Å². The van der Waals surface area contributed by atoms with Gasteiger partial charge >= 0.3 is 0 Å². The molecule has 1 aliphatic heterocycles. The quantitative estimate of drug-likeness (QED) is 0.839. The maximum absolute atomic E-state index is 14.4. The van der Waals surface area contributed by atoms with Crippen LogP contribution in [0.4, 0.5) is 4.39 Å². The highest BCUT2D eigenvalue weighted by atomic mass is 35.5. The lowest BCUT2D eigenvalue weighted by molar-refractivity contribution is 0.308. The molecule has 3 atom stereocenters. The third kappa shape index (κ3) is 3.44. The van der Waals surface area contributed by atoms with Gasteiger partial charge in [0, 0.05) is 23.9 Å². The molecule has 5 heteroatoms. The highest BCUT2D eigenvalue weighted by molar-refractivity contribution is 6.30. The Balaban J connectivity index is 1.83. The van der Waals surface area contributed by atoms with Crippen LogP contribution in [0.3, 0.4) is 0 Å². The maximum Gasteiger partial charge on any atom is 0.145 e. The number of nitriles is 1. The van der Waals surface area contributed by atoms with Crippen LogP contribution in [0.15, 0.2) is 34.7 Å². The number of hydrogen-bond acceptors (Lipinski definition) is 3. The lowest BCUT2D eigenvalue weighted by Crippen LogP contribution is -2.34. The molecule has 25 heavy (non-hydrogen) atoms. The molecule has 132 valence electrons. The van der Waals surface area contributed by atoms with Crippen LogP contribution >= 0.6 is 11.6 Å². The van der Waals surface area contributed by atoms with Gasteiger partial charge in [0.15, 0.2) is 0 Å². The zero-order valence-electron chi connectivity index (χ0n) is 14.6. The Labute approximate surface area is 152 Å². The summed E-state index contributed by atoms with van der Waals surface area (Å²) in [6.07, 6.45) is 0.733. The van der Waals surface area contributed by atoms with Gasteiger partial charge in [-0.2, -0.15) is 5.26 Å². The van der Waals surface area contributed by atoms with Crippen LogP contribution in [0.25, 0.3) is 0 Å². The lowest BCUT2D eigenvalue weighted by Gasteiger charge is -2.28. The molecule has 3 unspecified atom stereocenters. The molecule has 0 bridgehead atoms. The van der Waals surface area contributed by atoms with Gasteiger partial charge in [-0.15, -0.1) is 0 Å². The summed E-state index contributed by atoms with van der Waals surface area (Å²) in [4.78, 5) is 0. The third-order valence-corrected chi connectivity index (χ3v) is 5.43. The number of hydrogen-bond donors (Lipinski definition) is 1. The number of rotatable bonds is 4. The molecule has 0 saturated carbocycles. The van der Waals surface area contributed by atoms with Gasteiger partial charge in [-0.1, -0.05) is 37.6 Å². The summed E-state index contributed by atoms with van der Waals surface area (Å²) in [5, 5.41) is 13.2. The molecule has 0 radical (unpaired) electrons. The number of aryl methyl sites for hydroxylation is 1. The van der Waals surface area contributed by atoms with Gasteiger partial charge in [0.2, 0.25) is 0 Å². The predicted octanol–water partition coefficient (Wildman–Crippen LogP) is 4.94. The average Bonchev–Trinajstić information content (AvgIpc) is 3.16. The second-order valence-electron chi connectivity index (χ2n) is 7.42. The Morgan fingerprint density at radius 1 is 1.36 bits per heavy atom. The van der Waals surface area contributed by atoms with E-state index in [9.17, 15) is 9.65 Å². The molecule has 2 heterocycles. The Morgan fingerprint density at radius 3 is 2.76 bits per heavy atom. The second-order valence-corrected chi connectivity index (χ2v) is 7.82. The fourth-order valence-electron chi connectivity index (χ4n) is 3.75. The van der Waals surface area contributed by atoms with Crippen molar-refractivity contribution in [2.45, 2.75) is 44.6 Å². The van der Waals surface area contributed by atoms with E-state index in [-0.39, 0.29) is 28.3 Å². The normalized spacial score (nSPS) is 23.6. The van der Waals surface area contributed by atoms with Gasteiger partial charge in [-0.25, -0.2) is 4.39 Å². The summed E-state index contributed by atoms with van der Waals surface area (Å²) < 4.78 is 20.2. The maximum atomic E-state index is 14.4. The van der Waals surface area contributed by atoms with Crippen LogP contribution in [0.2, 0.25) is 5.02 Å². The fourth-order valence-corrected chi connectivity index (χ4v) is 3.93. The van der Waals surface area contributed by atoms with Crippen LogP contribution in [0.1, 0.15) is 43.3 Å². The molecule has 1 aromatic heterocycles. The topological polar surface area (TPSA) is 49.0 Å². The highest BCUT2D eigenvalue weighted by Crippen LogP contribution is 2.40. The molecule has 1 N–H and O–H groups in total. The van der Waals surface area contributed by atoms with Crippen molar-refractivity contribution >= 4 is 11.6 Å². The first-order chi connectivity index (χ1) is 11.8. The van der Waals surface area contributed by atoms with E-state index < -0.39 is 5.82 Å². The summed E-state index contributed by atoms with van der Waals surface area (Å²) in [7, 11) is 0. The molecule has 1 fully saturated rings. The molecular formula is C20H22ClFN2O. The smallest absolute Gasteiger partial charge is 0.145 e. The standard InChI is InChI=1S/C20H22ClFN2O/c1-12-7-8-18(25-12)20(2,3)9-17-14(10-23)15(11-24-17)13-5-4-6-16(21)19(13)22/h4-8,14-15,17,24H,9,11H2,1-3H3. The summed E-state index contributed by atoms with van der Waals surface area (Å²) in [6.45, 7) is 6.69. The molecule has 1 aromatic carbocycles. The zero-order valence-corrected chi connectivity index (χ0v) is 15.4. The largest absolute Gasteiger partial charge is 0.466 e. The van der Waals surface area contributed by atoms with Crippen molar-refractivity contribution in [3.8, 4) is 6.07 Å². The molecular weight excluding hydrogens is 339 g/mol. The second kappa shape index (κ2) is 6.82. The minimum atomic E-state index is -0.419. The molecule has 1 aliphatic rings. The van der Waals surface area contributed by atoms with E-state index in [4.69, 9.17) is 16.0 Å². The van der Waals surface area contributed by atoms with Gasteiger partial charge in [0.05, 0.1) is 17.0 Å². The Bertz CT molecular complexity index is 808. The lowest BCUT2D eigenvalue weighted by atomic mass is 9.77. The highest BCUT2D eigenvalue weighted by Gasteiger charge is 2.41. The number of nitrogens with zero attached hydrogens (tertiary/aromatic N) is 1. The fraction of sp³-hybridized carbons (Fsp3) is 0.450. The van der Waals surface area contributed by atoms with Crippen molar-refractivity contribution < 1.29 is 8.81 Å². The van der Waals surface area contributed by atoms with Gasteiger partial charge in [-0.3, -0.25) is 0 Å². The number of nitrogens with one attached hydrogen (secondary N) is 1. The van der Waals surface area contributed by atoms with Crippen molar-refractivity contribution in [3.63, 3.8) is 0 Å². The first kappa shape index (κ1) is 18.0. The monoisotopic (exact) mass is 360 g/mol. The van der Waals surface area contributed by atoms with E-state index in [1.165, 1.54) is 6.07 Å². The number of benzene rings is 1. The summed E-state index contributed by atoms with van der Waals surface area (Å²) in [5.74, 6) is 0.836. The van der Waals surface area contributed by atoms with E-state index in [0.29, 0.717) is 12.1 Å².